The third-order valence-electron chi connectivity index (χ3n) is 3.96. The van der Waals surface area contributed by atoms with Crippen LogP contribution in [0.5, 0.6) is 5.75 Å². The molecule has 23 heavy (non-hydrogen) atoms. The van der Waals surface area contributed by atoms with Gasteiger partial charge < -0.3 is 14.8 Å². The Bertz CT molecular complexity index is 648. The van der Waals surface area contributed by atoms with Crippen LogP contribution < -0.4 is 10.1 Å². The van der Waals surface area contributed by atoms with E-state index in [1.54, 1.807) is 0 Å². The Kier molecular flexibility index (Phi) is 5.45. The molecule has 1 aliphatic heterocycles. The number of hydrogen-bond acceptors (Lipinski definition) is 4. The minimum Gasteiger partial charge on any atom is -0.483 e. The first-order valence-corrected chi connectivity index (χ1v) is 8.00. The van der Waals surface area contributed by atoms with Crippen molar-refractivity contribution < 1.29 is 14.3 Å². The first-order chi connectivity index (χ1) is 11.3. The zero-order valence-corrected chi connectivity index (χ0v) is 13.2. The standard InChI is InChI=1S/C18H22N2O3/c21-18(19-8-9-20-10-12-22-13-11-20)14-23-17-7-3-5-15-4-1-2-6-16(15)17/h1-7H,8-14H2,(H,19,21). The number of carbonyl (C=O) groups excluding carboxylic acids is 1. The van der Waals surface area contributed by atoms with Crippen molar-refractivity contribution in [3.05, 3.63) is 42.5 Å². The predicted octanol–water partition coefficient (Wildman–Crippen LogP) is 1.67. The van der Waals surface area contributed by atoms with Crippen LogP contribution in [0.25, 0.3) is 10.8 Å². The molecule has 0 unspecified atom stereocenters. The molecule has 1 heterocycles. The molecule has 0 aliphatic carbocycles. The van der Waals surface area contributed by atoms with Crippen LogP contribution in [0.2, 0.25) is 0 Å². The van der Waals surface area contributed by atoms with Gasteiger partial charge in [-0.1, -0.05) is 36.4 Å². The van der Waals surface area contributed by atoms with Gasteiger partial charge in [0.2, 0.25) is 0 Å². The molecule has 0 radical (unpaired) electrons. The van der Waals surface area contributed by atoms with Crippen LogP contribution >= 0.6 is 0 Å². The molecule has 5 nitrogen and oxygen atoms in total. The third kappa shape index (κ3) is 4.43. The molecule has 122 valence electrons. The van der Waals surface area contributed by atoms with E-state index in [-0.39, 0.29) is 12.5 Å². The van der Waals surface area contributed by atoms with Gasteiger partial charge in [-0.3, -0.25) is 9.69 Å². The summed E-state index contributed by atoms with van der Waals surface area (Å²) in [5, 5.41) is 5.04. The van der Waals surface area contributed by atoms with Crippen molar-refractivity contribution >= 4 is 16.7 Å². The number of nitrogens with one attached hydrogen (secondary N) is 1. The summed E-state index contributed by atoms with van der Waals surface area (Å²) >= 11 is 0. The van der Waals surface area contributed by atoms with Crippen molar-refractivity contribution in [2.45, 2.75) is 0 Å². The fraction of sp³-hybridized carbons (Fsp3) is 0.389. The summed E-state index contributed by atoms with van der Waals surface area (Å²) in [6.07, 6.45) is 0. The molecule has 0 bridgehead atoms. The second-order valence-electron chi connectivity index (χ2n) is 5.57. The van der Waals surface area contributed by atoms with Crippen LogP contribution in [-0.2, 0) is 9.53 Å². The second kappa shape index (κ2) is 7.94. The number of morpholine rings is 1. The van der Waals surface area contributed by atoms with E-state index >= 15 is 0 Å². The van der Waals surface area contributed by atoms with Crippen molar-refractivity contribution in [1.82, 2.24) is 10.2 Å². The molecular weight excluding hydrogens is 292 g/mol. The lowest BCUT2D eigenvalue weighted by Gasteiger charge is -2.26. The fourth-order valence-corrected chi connectivity index (χ4v) is 2.69. The van der Waals surface area contributed by atoms with Gasteiger partial charge in [0.05, 0.1) is 13.2 Å². The Morgan fingerprint density at radius 2 is 1.91 bits per heavy atom. The maximum atomic E-state index is 11.9. The predicted molar refractivity (Wildman–Crippen MR) is 89.7 cm³/mol. The van der Waals surface area contributed by atoms with Crippen LogP contribution in [0.1, 0.15) is 0 Å². The molecule has 1 amide bonds. The zero-order valence-electron chi connectivity index (χ0n) is 13.2. The Balaban J connectivity index is 1.45. The van der Waals surface area contributed by atoms with Crippen molar-refractivity contribution in [3.63, 3.8) is 0 Å². The van der Waals surface area contributed by atoms with Gasteiger partial charge >= 0.3 is 0 Å². The highest BCUT2D eigenvalue weighted by atomic mass is 16.5. The molecule has 0 saturated carbocycles. The normalized spacial score (nSPS) is 15.5. The summed E-state index contributed by atoms with van der Waals surface area (Å²) in [7, 11) is 0. The molecule has 1 aliphatic rings. The van der Waals surface area contributed by atoms with Crippen LogP contribution in [0.3, 0.4) is 0 Å². The third-order valence-corrected chi connectivity index (χ3v) is 3.96. The average molecular weight is 314 g/mol. The number of rotatable bonds is 6. The highest BCUT2D eigenvalue weighted by molar-refractivity contribution is 5.88. The highest BCUT2D eigenvalue weighted by Gasteiger charge is 2.10. The first-order valence-electron chi connectivity index (χ1n) is 8.00. The first kappa shape index (κ1) is 15.8. The zero-order chi connectivity index (χ0) is 15.9. The molecule has 0 spiro atoms. The number of fused-ring (bicyclic) bond motifs is 1. The van der Waals surface area contributed by atoms with Gasteiger partial charge in [0, 0.05) is 31.6 Å². The van der Waals surface area contributed by atoms with Crippen molar-refractivity contribution in [2.24, 2.45) is 0 Å². The van der Waals surface area contributed by atoms with Gasteiger partial charge in [0.15, 0.2) is 6.61 Å². The largest absolute Gasteiger partial charge is 0.483 e. The second-order valence-corrected chi connectivity index (χ2v) is 5.57. The highest BCUT2D eigenvalue weighted by Crippen LogP contribution is 2.24. The summed E-state index contributed by atoms with van der Waals surface area (Å²) < 4.78 is 11.0. The van der Waals surface area contributed by atoms with Crippen molar-refractivity contribution in [3.8, 4) is 5.75 Å². The summed E-state index contributed by atoms with van der Waals surface area (Å²) in [4.78, 5) is 14.2. The average Bonchev–Trinajstić information content (AvgIpc) is 2.61. The molecule has 0 aromatic heterocycles. The quantitative estimate of drug-likeness (QED) is 0.881. The fourth-order valence-electron chi connectivity index (χ4n) is 2.69. The molecule has 1 fully saturated rings. The SMILES string of the molecule is O=C(COc1cccc2ccccc12)NCCN1CCOCC1. The number of benzene rings is 2. The van der Waals surface area contributed by atoms with E-state index < -0.39 is 0 Å². The lowest BCUT2D eigenvalue weighted by atomic mass is 10.1. The topological polar surface area (TPSA) is 50.8 Å². The van der Waals surface area contributed by atoms with Gasteiger partial charge in [0.25, 0.3) is 5.91 Å². The van der Waals surface area contributed by atoms with Crippen LogP contribution in [-0.4, -0.2) is 56.8 Å². The van der Waals surface area contributed by atoms with E-state index in [9.17, 15) is 4.79 Å². The number of amides is 1. The molecular formula is C18H22N2O3. The Morgan fingerprint density at radius 1 is 1.13 bits per heavy atom. The number of carbonyl (C=O) groups is 1. The molecule has 2 aromatic carbocycles. The van der Waals surface area contributed by atoms with Gasteiger partial charge in [-0.2, -0.15) is 0 Å². The minimum absolute atomic E-state index is 0.0388. The molecule has 3 rings (SSSR count). The number of ether oxygens (including phenoxy) is 2. The maximum Gasteiger partial charge on any atom is 0.257 e. The van der Waals surface area contributed by atoms with E-state index in [0.29, 0.717) is 6.54 Å². The van der Waals surface area contributed by atoms with Gasteiger partial charge in [-0.15, -0.1) is 0 Å². The van der Waals surface area contributed by atoms with Crippen LogP contribution in [0.4, 0.5) is 0 Å². The summed E-state index contributed by atoms with van der Waals surface area (Å²) in [5.74, 6) is 0.651. The number of hydrogen-bond donors (Lipinski definition) is 1. The van der Waals surface area contributed by atoms with E-state index in [1.165, 1.54) is 0 Å². The number of nitrogens with zero attached hydrogens (tertiary/aromatic N) is 1. The Morgan fingerprint density at radius 3 is 2.78 bits per heavy atom. The van der Waals surface area contributed by atoms with Gasteiger partial charge in [0.1, 0.15) is 5.75 Å². The van der Waals surface area contributed by atoms with Crippen molar-refractivity contribution in [1.29, 1.82) is 0 Å². The van der Waals surface area contributed by atoms with E-state index in [0.717, 1.165) is 49.4 Å². The van der Waals surface area contributed by atoms with Crippen molar-refractivity contribution in [2.75, 3.05) is 46.0 Å². The molecule has 5 heteroatoms. The Hall–Kier alpha value is -2.11. The molecule has 1 N–H and O–H groups in total. The molecule has 1 saturated heterocycles. The van der Waals surface area contributed by atoms with Crippen LogP contribution in [0, 0.1) is 0 Å². The van der Waals surface area contributed by atoms with Gasteiger partial charge in [-0.05, 0) is 11.5 Å². The maximum absolute atomic E-state index is 11.9. The van der Waals surface area contributed by atoms with E-state index in [1.807, 2.05) is 42.5 Å². The Labute approximate surface area is 136 Å². The van der Waals surface area contributed by atoms with E-state index in [2.05, 4.69) is 10.2 Å². The van der Waals surface area contributed by atoms with E-state index in [4.69, 9.17) is 9.47 Å². The van der Waals surface area contributed by atoms with Crippen LogP contribution in [0.15, 0.2) is 42.5 Å². The summed E-state index contributed by atoms with van der Waals surface area (Å²) in [5.41, 5.74) is 0. The summed E-state index contributed by atoms with van der Waals surface area (Å²) in [6.45, 7) is 4.94. The lowest BCUT2D eigenvalue weighted by Crippen LogP contribution is -2.42. The molecule has 2 aromatic rings. The molecule has 0 atom stereocenters. The van der Waals surface area contributed by atoms with Gasteiger partial charge in [-0.25, -0.2) is 0 Å². The monoisotopic (exact) mass is 314 g/mol. The lowest BCUT2D eigenvalue weighted by molar-refractivity contribution is -0.123. The smallest absolute Gasteiger partial charge is 0.257 e. The minimum atomic E-state index is -0.0915. The summed E-state index contributed by atoms with van der Waals surface area (Å²) in [6, 6.07) is 13.9.